The molecule has 9 nitrogen and oxygen atoms in total. The summed E-state index contributed by atoms with van der Waals surface area (Å²) in [6.45, 7) is 6.92. The first-order valence-corrected chi connectivity index (χ1v) is 19.7. The molecule has 0 aromatic carbocycles. The number of nitrogen functional groups attached to an aromatic ring is 1. The summed E-state index contributed by atoms with van der Waals surface area (Å²) in [7, 11) is -2.79. The van der Waals surface area contributed by atoms with Gasteiger partial charge in [-0.3, -0.25) is 4.57 Å². The molecule has 2 heterocycles. The summed E-state index contributed by atoms with van der Waals surface area (Å²) in [6, 6.07) is 0. The molecule has 0 saturated heterocycles. The first-order valence-electron chi connectivity index (χ1n) is 16.2. The molecule has 0 saturated carbocycles. The molecule has 2 atom stereocenters. The number of aromatic nitrogens is 4. The van der Waals surface area contributed by atoms with Crippen LogP contribution >= 0.6 is 19.1 Å². The molecule has 0 aliphatic rings. The van der Waals surface area contributed by atoms with Crippen molar-refractivity contribution in [3.8, 4) is 0 Å². The average molecular weight is 630 g/mol. The molecule has 0 bridgehead atoms. The maximum atomic E-state index is 12.8. The molecular formula is C31H62N6O3PS+. The van der Waals surface area contributed by atoms with E-state index in [2.05, 4.69) is 21.9 Å². The maximum absolute atomic E-state index is 12.8. The van der Waals surface area contributed by atoms with Crippen LogP contribution in [0.2, 0.25) is 0 Å². The van der Waals surface area contributed by atoms with Crippen LogP contribution in [-0.2, 0) is 20.4 Å². The van der Waals surface area contributed by atoms with Crippen LogP contribution in [0.15, 0.2) is 12.7 Å². The van der Waals surface area contributed by atoms with E-state index in [0.717, 1.165) is 12.2 Å². The second-order valence-electron chi connectivity index (χ2n) is 11.6. The number of unbranched alkanes of at least 4 members (excludes halogenated alkanes) is 15. The highest BCUT2D eigenvalue weighted by Gasteiger charge is 2.19. The summed E-state index contributed by atoms with van der Waals surface area (Å²) < 4.78 is 26.2. The van der Waals surface area contributed by atoms with Gasteiger partial charge in [-0.25, -0.2) is 15.0 Å². The zero-order valence-electron chi connectivity index (χ0n) is 27.2. The monoisotopic (exact) mass is 629 g/mol. The molecule has 2 rings (SSSR count). The van der Waals surface area contributed by atoms with Crippen molar-refractivity contribution in [2.75, 3.05) is 36.9 Å². The van der Waals surface area contributed by atoms with Crippen LogP contribution in [0.1, 0.15) is 123 Å². The number of imidazole rings is 1. The number of hydrogen-bond acceptors (Lipinski definition) is 8. The van der Waals surface area contributed by atoms with Crippen LogP contribution in [0.25, 0.3) is 11.2 Å². The van der Waals surface area contributed by atoms with Gasteiger partial charge in [-0.1, -0.05) is 103 Å². The molecule has 0 fully saturated rings. The van der Waals surface area contributed by atoms with Crippen LogP contribution in [-0.4, -0.2) is 56.7 Å². The highest BCUT2D eigenvalue weighted by atomic mass is 32.2. The fourth-order valence-electron chi connectivity index (χ4n) is 4.93. The predicted molar refractivity (Wildman–Crippen MR) is 182 cm³/mol. The van der Waals surface area contributed by atoms with E-state index in [-0.39, 0.29) is 18.6 Å². The number of anilines is 1. The lowest BCUT2D eigenvalue weighted by Crippen LogP contribution is -2.17. The third-order valence-electron chi connectivity index (χ3n) is 7.42. The maximum Gasteiger partial charge on any atom is 0.225 e. The Labute approximate surface area is 260 Å². The van der Waals surface area contributed by atoms with Gasteiger partial charge in [0.2, 0.25) is 7.37 Å². The average Bonchev–Trinajstić information content (AvgIpc) is 3.36. The lowest BCUT2D eigenvalue weighted by Gasteiger charge is -2.18. The lowest BCUT2D eigenvalue weighted by molar-refractivity contribution is 0.0801. The number of hydrogen-bond donors (Lipinski definition) is 2. The van der Waals surface area contributed by atoms with Crippen LogP contribution < -0.4 is 11.9 Å². The second-order valence-corrected chi connectivity index (χ2v) is 15.3. The van der Waals surface area contributed by atoms with Crippen molar-refractivity contribution in [1.82, 2.24) is 25.7 Å². The standard InChI is InChI=1S/C31H58N5O3PS.H3N/c1-4-5-6-7-8-9-10-11-12-13-14-15-16-17-18-19-22-41-23-20-21-39-40(3,37)27-38-28(2)24-36-26-35-29-30(32)33-25-34-31(29)36;/h25-26,28H,4-24,27H2,1-3H3,(H2,32,33,34);1H3/p+1/t28-,40?;/m1./s1. The van der Waals surface area contributed by atoms with Crippen molar-refractivity contribution in [3.63, 3.8) is 0 Å². The van der Waals surface area contributed by atoms with Gasteiger partial charge in [-0.2, -0.15) is 11.8 Å². The predicted octanol–water partition coefficient (Wildman–Crippen LogP) is 9.46. The van der Waals surface area contributed by atoms with E-state index in [9.17, 15) is 4.57 Å². The topological polar surface area (TPSA) is 142 Å². The third-order valence-corrected chi connectivity index (χ3v) is 9.92. The van der Waals surface area contributed by atoms with E-state index >= 15 is 0 Å². The van der Waals surface area contributed by atoms with E-state index < -0.39 is 7.37 Å². The van der Waals surface area contributed by atoms with E-state index in [1.54, 1.807) is 13.0 Å². The molecule has 2 aromatic heterocycles. The van der Waals surface area contributed by atoms with Crippen LogP contribution in [0, 0.1) is 0 Å². The molecule has 0 spiro atoms. The third kappa shape index (κ3) is 17.8. The van der Waals surface area contributed by atoms with Gasteiger partial charge in [0.25, 0.3) is 0 Å². The SMILES string of the molecule is CCCCCCCCCCCCCCCCCCSCCCOP(C)(=O)CO[C@H](C)Cn1cnc2c(N)ncnc21.[NH4+]. The van der Waals surface area contributed by atoms with Gasteiger partial charge in [0.05, 0.1) is 25.6 Å². The molecule has 2 aromatic rings. The molecular weight excluding hydrogens is 567 g/mol. The Bertz CT molecular complexity index is 979. The highest BCUT2D eigenvalue weighted by molar-refractivity contribution is 7.99. The van der Waals surface area contributed by atoms with Gasteiger partial charge in [-0.15, -0.1) is 0 Å². The molecule has 11 heteroatoms. The quantitative estimate of drug-likeness (QED) is 0.0735. The summed E-state index contributed by atoms with van der Waals surface area (Å²) in [5.41, 5.74) is 7.10. The smallest absolute Gasteiger partial charge is 0.225 e. The van der Waals surface area contributed by atoms with E-state index in [4.69, 9.17) is 15.0 Å². The van der Waals surface area contributed by atoms with Gasteiger partial charge in [-0.05, 0) is 31.3 Å². The van der Waals surface area contributed by atoms with Crippen molar-refractivity contribution in [2.45, 2.75) is 136 Å². The summed E-state index contributed by atoms with van der Waals surface area (Å²) >= 11 is 1.98. The minimum absolute atomic E-state index is 0. The summed E-state index contributed by atoms with van der Waals surface area (Å²) in [6.07, 6.45) is 26.5. The molecule has 42 heavy (non-hydrogen) atoms. The highest BCUT2D eigenvalue weighted by Crippen LogP contribution is 2.42. The largest absolute Gasteiger partial charge is 0.382 e. The summed E-state index contributed by atoms with van der Waals surface area (Å²) in [5, 5.41) is 0. The van der Waals surface area contributed by atoms with Crippen LogP contribution in [0.4, 0.5) is 5.82 Å². The second kappa shape index (κ2) is 24.2. The van der Waals surface area contributed by atoms with Gasteiger partial charge >= 0.3 is 0 Å². The van der Waals surface area contributed by atoms with Crippen molar-refractivity contribution >= 4 is 36.1 Å². The number of thioether (sulfide) groups is 1. The molecule has 0 aliphatic heterocycles. The zero-order chi connectivity index (χ0) is 29.6. The fraction of sp³-hybridized carbons (Fsp3) is 0.839. The fourth-order valence-corrected chi connectivity index (χ4v) is 6.98. The van der Waals surface area contributed by atoms with Gasteiger partial charge in [0, 0.05) is 6.66 Å². The number of quaternary nitrogens is 1. The first-order chi connectivity index (χ1) is 19.9. The Balaban J connectivity index is 0.00000882. The van der Waals surface area contributed by atoms with E-state index in [0.29, 0.717) is 30.1 Å². The Morgan fingerprint density at radius 2 is 1.40 bits per heavy atom. The number of rotatable bonds is 27. The van der Waals surface area contributed by atoms with Crippen LogP contribution in [0.5, 0.6) is 0 Å². The molecule has 1 unspecified atom stereocenters. The van der Waals surface area contributed by atoms with Gasteiger partial charge in [0.1, 0.15) is 18.2 Å². The Morgan fingerprint density at radius 3 is 2.00 bits per heavy atom. The first kappa shape index (κ1) is 38.8. The van der Waals surface area contributed by atoms with Crippen molar-refractivity contribution < 1.29 is 13.8 Å². The molecule has 0 amide bonds. The number of fused-ring (bicyclic) bond motifs is 1. The summed E-state index contributed by atoms with van der Waals surface area (Å²) in [5.74, 6) is 2.62. The van der Waals surface area contributed by atoms with Crippen molar-refractivity contribution in [3.05, 3.63) is 12.7 Å². The van der Waals surface area contributed by atoms with Gasteiger partial charge < -0.3 is 25.7 Å². The molecule has 244 valence electrons. The summed E-state index contributed by atoms with van der Waals surface area (Å²) in [4.78, 5) is 12.5. The minimum Gasteiger partial charge on any atom is -0.382 e. The Morgan fingerprint density at radius 1 is 0.857 bits per heavy atom. The lowest BCUT2D eigenvalue weighted by atomic mass is 10.0. The Kier molecular flexibility index (Phi) is 22.3. The molecule has 0 aliphatic carbocycles. The van der Waals surface area contributed by atoms with Crippen molar-refractivity contribution in [2.24, 2.45) is 0 Å². The molecule has 0 radical (unpaired) electrons. The Hall–Kier alpha value is -1.19. The number of ether oxygens (including phenoxy) is 1. The van der Waals surface area contributed by atoms with E-state index in [1.165, 1.54) is 115 Å². The number of nitrogens with two attached hydrogens (primary N) is 1. The normalized spacial score (nSPS) is 13.7. The van der Waals surface area contributed by atoms with Crippen LogP contribution in [0.3, 0.4) is 0 Å². The zero-order valence-corrected chi connectivity index (χ0v) is 28.9. The van der Waals surface area contributed by atoms with E-state index in [1.807, 2.05) is 23.3 Å². The number of nitrogens with zero attached hydrogens (tertiary/aromatic N) is 4. The van der Waals surface area contributed by atoms with Crippen molar-refractivity contribution in [1.29, 1.82) is 0 Å². The minimum atomic E-state index is -2.79. The van der Waals surface area contributed by atoms with Gasteiger partial charge in [0.15, 0.2) is 11.5 Å². The molecule has 6 N–H and O–H groups in total.